The lowest BCUT2D eigenvalue weighted by Gasteiger charge is -2.32. The minimum Gasteiger partial charge on any atom is -0.383 e. The molecule has 2 heterocycles. The van der Waals surface area contributed by atoms with Gasteiger partial charge in [0.25, 0.3) is 0 Å². The summed E-state index contributed by atoms with van der Waals surface area (Å²) in [7, 11) is 0. The molecule has 3 N–H and O–H groups in total. The number of nitrogens with two attached hydrogens (primary N) is 1. The van der Waals surface area contributed by atoms with Gasteiger partial charge in [0.2, 0.25) is 0 Å². The van der Waals surface area contributed by atoms with E-state index in [2.05, 4.69) is 11.8 Å². The summed E-state index contributed by atoms with van der Waals surface area (Å²) in [5.74, 6) is 0.764. The molecule has 104 valence electrons. The van der Waals surface area contributed by atoms with Crippen molar-refractivity contribution in [3.8, 4) is 0 Å². The molecule has 1 saturated carbocycles. The van der Waals surface area contributed by atoms with Gasteiger partial charge in [-0.25, -0.2) is 4.98 Å². The molecule has 19 heavy (non-hydrogen) atoms. The van der Waals surface area contributed by atoms with Crippen LogP contribution in [0.4, 0.5) is 0 Å². The Balaban J connectivity index is 1.77. The van der Waals surface area contributed by atoms with Crippen molar-refractivity contribution in [2.75, 3.05) is 6.54 Å². The van der Waals surface area contributed by atoms with E-state index >= 15 is 0 Å². The van der Waals surface area contributed by atoms with Crippen LogP contribution in [0.25, 0.3) is 0 Å². The van der Waals surface area contributed by atoms with Crippen LogP contribution in [-0.4, -0.2) is 28.3 Å². The number of hydrogen-bond acceptors (Lipinski definition) is 4. The van der Waals surface area contributed by atoms with Crippen LogP contribution in [0, 0.1) is 5.41 Å². The molecule has 5 heteroatoms. The zero-order chi connectivity index (χ0) is 13.4. The minimum atomic E-state index is 0.192. The van der Waals surface area contributed by atoms with Gasteiger partial charge in [0, 0.05) is 12.0 Å². The first-order valence-electron chi connectivity index (χ1n) is 7.23. The predicted octanol–water partition coefficient (Wildman–Crippen LogP) is 2.68. The summed E-state index contributed by atoms with van der Waals surface area (Å²) >= 11 is 1.63. The number of piperidine rings is 1. The van der Waals surface area contributed by atoms with Gasteiger partial charge in [-0.15, -0.1) is 11.3 Å². The first-order chi connectivity index (χ1) is 9.15. The number of amidine groups is 1. The molecule has 2 fully saturated rings. The molecule has 1 aliphatic carbocycles. The third-order valence-corrected chi connectivity index (χ3v) is 5.27. The van der Waals surface area contributed by atoms with E-state index in [0.717, 1.165) is 22.1 Å². The van der Waals surface area contributed by atoms with Gasteiger partial charge in [0.05, 0.1) is 17.1 Å². The van der Waals surface area contributed by atoms with E-state index in [4.69, 9.17) is 16.1 Å². The van der Waals surface area contributed by atoms with Gasteiger partial charge in [0.1, 0.15) is 10.8 Å². The summed E-state index contributed by atoms with van der Waals surface area (Å²) in [5, 5.41) is 8.84. The summed E-state index contributed by atoms with van der Waals surface area (Å²) in [6, 6.07) is 0.655. The summed E-state index contributed by atoms with van der Waals surface area (Å²) < 4.78 is 0. The van der Waals surface area contributed by atoms with Crippen molar-refractivity contribution in [1.29, 1.82) is 5.41 Å². The van der Waals surface area contributed by atoms with Crippen LogP contribution in [0.2, 0.25) is 0 Å². The fourth-order valence-electron chi connectivity index (χ4n) is 2.84. The maximum Gasteiger partial charge on any atom is 0.135 e. The molecule has 1 aliphatic heterocycles. The molecule has 0 aromatic carbocycles. The van der Waals surface area contributed by atoms with Crippen LogP contribution in [-0.2, 0) is 6.54 Å². The summed E-state index contributed by atoms with van der Waals surface area (Å²) in [5.41, 5.74) is 6.79. The quantitative estimate of drug-likeness (QED) is 0.657. The molecule has 1 aromatic rings. The number of thiazole rings is 1. The van der Waals surface area contributed by atoms with Crippen molar-refractivity contribution in [3.63, 3.8) is 0 Å². The molecule has 3 rings (SSSR count). The third-order valence-electron chi connectivity index (χ3n) is 4.19. The molecule has 0 amide bonds. The van der Waals surface area contributed by atoms with Gasteiger partial charge in [-0.05, 0) is 39.2 Å². The van der Waals surface area contributed by atoms with Crippen molar-refractivity contribution in [2.24, 2.45) is 5.73 Å². The topological polar surface area (TPSA) is 66.0 Å². The second-order valence-corrected chi connectivity index (χ2v) is 6.91. The number of nitrogen functional groups attached to an aromatic ring is 1. The van der Waals surface area contributed by atoms with Crippen LogP contribution in [0.1, 0.15) is 60.5 Å². The highest BCUT2D eigenvalue weighted by molar-refractivity contribution is 7.13. The van der Waals surface area contributed by atoms with Crippen LogP contribution in [0.15, 0.2) is 0 Å². The standard InChI is InChI=1S/C14H22N4S/c1-9-4-2-3-7-18(9)8-11-17-12(10-5-6-10)13(19-11)14(15)16/h9-10H,2-8H2,1H3,(H3,15,16). The Kier molecular flexibility index (Phi) is 3.58. The zero-order valence-corrected chi connectivity index (χ0v) is 12.3. The normalized spacial score (nSPS) is 24.6. The number of hydrogen-bond donors (Lipinski definition) is 2. The van der Waals surface area contributed by atoms with E-state index in [1.54, 1.807) is 11.3 Å². The lowest BCUT2D eigenvalue weighted by Crippen LogP contribution is -2.36. The van der Waals surface area contributed by atoms with E-state index in [0.29, 0.717) is 12.0 Å². The van der Waals surface area contributed by atoms with Gasteiger partial charge < -0.3 is 5.73 Å². The molecule has 1 unspecified atom stereocenters. The Hall–Kier alpha value is -0.940. The largest absolute Gasteiger partial charge is 0.383 e. The number of aromatic nitrogens is 1. The molecular weight excluding hydrogens is 256 g/mol. The van der Waals surface area contributed by atoms with Crippen LogP contribution in [0.3, 0.4) is 0 Å². The molecule has 0 radical (unpaired) electrons. The van der Waals surface area contributed by atoms with Gasteiger partial charge in [-0.3, -0.25) is 10.3 Å². The number of nitrogens with one attached hydrogen (secondary N) is 1. The molecule has 1 saturated heterocycles. The Bertz CT molecular complexity index is 478. The SMILES string of the molecule is CC1CCCCN1Cc1nc(C2CC2)c(C(=N)N)s1. The van der Waals surface area contributed by atoms with Crippen LogP contribution in [0.5, 0.6) is 0 Å². The van der Waals surface area contributed by atoms with E-state index < -0.39 is 0 Å². The highest BCUT2D eigenvalue weighted by Gasteiger charge is 2.31. The second-order valence-electron chi connectivity index (χ2n) is 5.83. The first-order valence-corrected chi connectivity index (χ1v) is 8.05. The summed E-state index contributed by atoms with van der Waals surface area (Å²) in [6.45, 7) is 4.41. The van der Waals surface area contributed by atoms with E-state index in [-0.39, 0.29) is 5.84 Å². The number of nitrogens with zero attached hydrogens (tertiary/aromatic N) is 2. The Morgan fingerprint density at radius 3 is 2.84 bits per heavy atom. The van der Waals surface area contributed by atoms with Gasteiger partial charge in [0.15, 0.2) is 0 Å². The van der Waals surface area contributed by atoms with Gasteiger partial charge in [-0.1, -0.05) is 6.42 Å². The molecule has 4 nitrogen and oxygen atoms in total. The maximum atomic E-state index is 7.70. The van der Waals surface area contributed by atoms with Gasteiger partial charge in [-0.2, -0.15) is 0 Å². The zero-order valence-electron chi connectivity index (χ0n) is 11.5. The average molecular weight is 278 g/mol. The highest BCUT2D eigenvalue weighted by atomic mass is 32.1. The van der Waals surface area contributed by atoms with Crippen molar-refractivity contribution >= 4 is 17.2 Å². The van der Waals surface area contributed by atoms with Crippen molar-refractivity contribution in [1.82, 2.24) is 9.88 Å². The van der Waals surface area contributed by atoms with Crippen molar-refractivity contribution < 1.29 is 0 Å². The van der Waals surface area contributed by atoms with Gasteiger partial charge >= 0.3 is 0 Å². The Labute approximate surface area is 118 Å². The molecule has 1 aromatic heterocycles. The Morgan fingerprint density at radius 2 is 2.21 bits per heavy atom. The lowest BCUT2D eigenvalue weighted by molar-refractivity contribution is 0.152. The first kappa shape index (κ1) is 13.1. The number of rotatable bonds is 4. The highest BCUT2D eigenvalue weighted by Crippen LogP contribution is 2.42. The third kappa shape index (κ3) is 2.82. The molecule has 1 atom stereocenters. The summed E-state index contributed by atoms with van der Waals surface area (Å²) in [4.78, 5) is 8.21. The fraction of sp³-hybridized carbons (Fsp3) is 0.714. The Morgan fingerprint density at radius 1 is 1.42 bits per heavy atom. The smallest absolute Gasteiger partial charge is 0.135 e. The predicted molar refractivity (Wildman–Crippen MR) is 78.8 cm³/mol. The molecule has 0 bridgehead atoms. The van der Waals surface area contributed by atoms with Crippen LogP contribution >= 0.6 is 11.3 Å². The maximum absolute atomic E-state index is 7.70. The van der Waals surface area contributed by atoms with Crippen molar-refractivity contribution in [2.45, 2.75) is 57.5 Å². The molecule has 2 aliphatic rings. The minimum absolute atomic E-state index is 0.192. The van der Waals surface area contributed by atoms with E-state index in [9.17, 15) is 0 Å². The summed E-state index contributed by atoms with van der Waals surface area (Å²) in [6.07, 6.45) is 6.36. The molecular formula is C14H22N4S. The second kappa shape index (κ2) is 5.21. The monoisotopic (exact) mass is 278 g/mol. The van der Waals surface area contributed by atoms with Crippen molar-refractivity contribution in [3.05, 3.63) is 15.6 Å². The molecule has 0 spiro atoms. The fourth-order valence-corrected chi connectivity index (χ4v) is 3.88. The average Bonchev–Trinajstić information content (AvgIpc) is 3.13. The van der Waals surface area contributed by atoms with E-state index in [1.807, 2.05) is 0 Å². The van der Waals surface area contributed by atoms with Crippen LogP contribution < -0.4 is 5.73 Å². The lowest BCUT2D eigenvalue weighted by atomic mass is 10.0. The van der Waals surface area contributed by atoms with E-state index in [1.165, 1.54) is 38.6 Å². The number of likely N-dealkylation sites (tertiary alicyclic amines) is 1.